The van der Waals surface area contributed by atoms with E-state index in [4.69, 9.17) is 4.74 Å². The largest absolute Gasteiger partial charge is 0.380 e. The molecule has 0 aliphatic rings. The molecule has 0 radical (unpaired) electrons. The van der Waals surface area contributed by atoms with Crippen LogP contribution in [0.4, 0.5) is 0 Å². The van der Waals surface area contributed by atoms with Crippen LogP contribution in [-0.2, 0) is 21.3 Å². The number of nitrogens with zero attached hydrogens (tertiary/aromatic N) is 1. The lowest BCUT2D eigenvalue weighted by Gasteiger charge is -2.07. The maximum Gasteiger partial charge on any atom is 0.257 e. The van der Waals surface area contributed by atoms with Crippen molar-refractivity contribution in [1.82, 2.24) is 20.2 Å². The van der Waals surface area contributed by atoms with Crippen molar-refractivity contribution in [1.29, 1.82) is 0 Å². The van der Waals surface area contributed by atoms with Gasteiger partial charge >= 0.3 is 0 Å². The smallest absolute Gasteiger partial charge is 0.257 e. The van der Waals surface area contributed by atoms with Crippen molar-refractivity contribution in [2.24, 2.45) is 0 Å². The van der Waals surface area contributed by atoms with Crippen molar-refractivity contribution in [2.45, 2.75) is 31.3 Å². The Morgan fingerprint density at radius 2 is 2.21 bits per heavy atom. The summed E-state index contributed by atoms with van der Waals surface area (Å²) in [5.41, 5.74) is 0.613. The molecule has 0 saturated carbocycles. The molecule has 0 bridgehead atoms. The van der Waals surface area contributed by atoms with Crippen molar-refractivity contribution < 1.29 is 13.2 Å². The van der Waals surface area contributed by atoms with Crippen LogP contribution in [0, 0.1) is 0 Å². The van der Waals surface area contributed by atoms with E-state index in [1.54, 1.807) is 7.05 Å². The molecule has 1 heterocycles. The van der Waals surface area contributed by atoms with E-state index in [1.807, 2.05) is 0 Å². The average molecular weight is 290 g/mol. The Morgan fingerprint density at radius 1 is 1.42 bits per heavy atom. The van der Waals surface area contributed by atoms with Gasteiger partial charge in [0, 0.05) is 25.3 Å². The number of hydrogen-bond donors (Lipinski definition) is 3. The zero-order valence-electron chi connectivity index (χ0n) is 11.4. The van der Waals surface area contributed by atoms with Crippen LogP contribution < -0.4 is 10.0 Å². The first kappa shape index (κ1) is 16.1. The van der Waals surface area contributed by atoms with Crippen molar-refractivity contribution in [2.75, 3.05) is 26.8 Å². The fraction of sp³-hybridized carbons (Fsp3) is 0.727. The molecule has 0 amide bonds. The Balaban J connectivity index is 2.45. The highest BCUT2D eigenvalue weighted by Gasteiger charge is 2.19. The first-order valence-corrected chi connectivity index (χ1v) is 7.84. The maximum atomic E-state index is 12.0. The second kappa shape index (κ2) is 8.26. The monoisotopic (exact) mass is 290 g/mol. The van der Waals surface area contributed by atoms with E-state index in [0.717, 1.165) is 12.8 Å². The van der Waals surface area contributed by atoms with E-state index in [0.29, 0.717) is 25.3 Å². The van der Waals surface area contributed by atoms with Gasteiger partial charge in [-0.2, -0.15) is 5.10 Å². The van der Waals surface area contributed by atoms with Gasteiger partial charge in [0.1, 0.15) is 0 Å². The zero-order chi connectivity index (χ0) is 14.1. The number of H-pyrrole nitrogens is 1. The molecule has 0 aromatic carbocycles. The first-order chi connectivity index (χ1) is 9.11. The van der Waals surface area contributed by atoms with Gasteiger partial charge in [0.25, 0.3) is 10.0 Å². The number of aromatic nitrogens is 2. The fourth-order valence-electron chi connectivity index (χ4n) is 1.52. The minimum Gasteiger partial charge on any atom is -0.380 e. The van der Waals surface area contributed by atoms with Gasteiger partial charge in [0.15, 0.2) is 5.03 Å². The Bertz CT molecular complexity index is 458. The van der Waals surface area contributed by atoms with Crippen LogP contribution >= 0.6 is 0 Å². The summed E-state index contributed by atoms with van der Waals surface area (Å²) in [4.78, 5) is 0. The summed E-state index contributed by atoms with van der Waals surface area (Å²) in [6, 6.07) is 0. The van der Waals surface area contributed by atoms with Gasteiger partial charge in [0.05, 0.1) is 12.8 Å². The molecular formula is C11H22N4O3S. The van der Waals surface area contributed by atoms with Crippen LogP contribution in [-0.4, -0.2) is 45.4 Å². The first-order valence-electron chi connectivity index (χ1n) is 6.36. The predicted molar refractivity (Wildman–Crippen MR) is 72.3 cm³/mol. The standard InChI is InChI=1S/C11H22N4O3S/c1-3-4-6-18-7-5-14-19(16,17)11-10(8-12-2)9-13-15-11/h9,12,14H,3-8H2,1-2H3,(H,13,15). The lowest BCUT2D eigenvalue weighted by Crippen LogP contribution is -2.29. The Kier molecular flexibility index (Phi) is 7.00. The highest BCUT2D eigenvalue weighted by atomic mass is 32.2. The fourth-order valence-corrected chi connectivity index (χ4v) is 2.66. The molecule has 0 aliphatic carbocycles. The summed E-state index contributed by atoms with van der Waals surface area (Å²) >= 11 is 0. The van der Waals surface area contributed by atoms with Crippen LogP contribution in [0.25, 0.3) is 0 Å². The Hall–Kier alpha value is -0.960. The van der Waals surface area contributed by atoms with Crippen LogP contribution in [0.15, 0.2) is 11.2 Å². The molecule has 1 aromatic rings. The predicted octanol–water partition coefficient (Wildman–Crippen LogP) is 0.224. The van der Waals surface area contributed by atoms with E-state index in [9.17, 15) is 8.42 Å². The average Bonchev–Trinajstić information content (AvgIpc) is 2.83. The molecule has 1 aromatic heterocycles. The van der Waals surface area contributed by atoms with Gasteiger partial charge in [-0.15, -0.1) is 0 Å². The number of rotatable bonds is 10. The molecule has 0 unspecified atom stereocenters. The number of aromatic amines is 1. The van der Waals surface area contributed by atoms with E-state index < -0.39 is 10.0 Å². The van der Waals surface area contributed by atoms with Crippen molar-refractivity contribution >= 4 is 10.0 Å². The molecule has 8 heteroatoms. The van der Waals surface area contributed by atoms with Gasteiger partial charge < -0.3 is 10.1 Å². The van der Waals surface area contributed by atoms with E-state index in [-0.39, 0.29) is 11.6 Å². The van der Waals surface area contributed by atoms with Crippen molar-refractivity contribution in [3.05, 3.63) is 11.8 Å². The number of nitrogens with one attached hydrogen (secondary N) is 3. The number of hydrogen-bond acceptors (Lipinski definition) is 5. The topological polar surface area (TPSA) is 96.1 Å². The van der Waals surface area contributed by atoms with Gasteiger partial charge in [-0.1, -0.05) is 13.3 Å². The van der Waals surface area contributed by atoms with Crippen molar-refractivity contribution in [3.63, 3.8) is 0 Å². The highest BCUT2D eigenvalue weighted by molar-refractivity contribution is 7.89. The summed E-state index contributed by atoms with van der Waals surface area (Å²) in [6.45, 7) is 3.80. The van der Waals surface area contributed by atoms with Gasteiger partial charge in [0.2, 0.25) is 0 Å². The SMILES string of the molecule is CCCCOCCNS(=O)(=O)c1[nH]ncc1CNC. The summed E-state index contributed by atoms with van der Waals surface area (Å²) in [5.74, 6) is 0. The highest BCUT2D eigenvalue weighted by Crippen LogP contribution is 2.10. The summed E-state index contributed by atoms with van der Waals surface area (Å²) in [6.07, 6.45) is 3.55. The number of unbranched alkanes of at least 4 members (excludes halogenated alkanes) is 1. The summed E-state index contributed by atoms with van der Waals surface area (Å²) < 4.78 is 31.8. The summed E-state index contributed by atoms with van der Waals surface area (Å²) in [5, 5.41) is 9.27. The minimum absolute atomic E-state index is 0.107. The second-order valence-electron chi connectivity index (χ2n) is 4.12. The zero-order valence-corrected chi connectivity index (χ0v) is 12.2. The third-order valence-corrected chi connectivity index (χ3v) is 3.97. The van der Waals surface area contributed by atoms with Crippen LogP contribution in [0.1, 0.15) is 25.3 Å². The van der Waals surface area contributed by atoms with E-state index in [2.05, 4.69) is 27.2 Å². The Morgan fingerprint density at radius 3 is 2.89 bits per heavy atom. The summed E-state index contributed by atoms with van der Waals surface area (Å²) in [7, 11) is -1.80. The quantitative estimate of drug-likeness (QED) is 0.536. The minimum atomic E-state index is -3.55. The van der Waals surface area contributed by atoms with Gasteiger partial charge in [-0.25, -0.2) is 13.1 Å². The molecule has 1 rings (SSSR count). The van der Waals surface area contributed by atoms with E-state index >= 15 is 0 Å². The van der Waals surface area contributed by atoms with Crippen LogP contribution in [0.2, 0.25) is 0 Å². The molecule has 110 valence electrons. The van der Waals surface area contributed by atoms with Crippen LogP contribution in [0.3, 0.4) is 0 Å². The van der Waals surface area contributed by atoms with Gasteiger partial charge in [-0.3, -0.25) is 5.10 Å². The molecular weight excluding hydrogens is 268 g/mol. The second-order valence-corrected chi connectivity index (χ2v) is 5.82. The molecule has 3 N–H and O–H groups in total. The third kappa shape index (κ3) is 5.27. The van der Waals surface area contributed by atoms with E-state index in [1.165, 1.54) is 6.20 Å². The molecule has 0 atom stereocenters. The maximum absolute atomic E-state index is 12.0. The third-order valence-electron chi connectivity index (χ3n) is 2.49. The lowest BCUT2D eigenvalue weighted by molar-refractivity contribution is 0.136. The van der Waals surface area contributed by atoms with Crippen molar-refractivity contribution in [3.8, 4) is 0 Å². The lowest BCUT2D eigenvalue weighted by atomic mass is 10.4. The number of ether oxygens (including phenoxy) is 1. The Labute approximate surface area is 114 Å². The molecule has 0 fully saturated rings. The number of sulfonamides is 1. The van der Waals surface area contributed by atoms with Gasteiger partial charge in [-0.05, 0) is 13.5 Å². The molecule has 7 nitrogen and oxygen atoms in total. The molecule has 0 saturated heterocycles. The van der Waals surface area contributed by atoms with Crippen LogP contribution in [0.5, 0.6) is 0 Å². The molecule has 19 heavy (non-hydrogen) atoms. The molecule has 0 aliphatic heterocycles. The normalized spacial score (nSPS) is 11.9. The molecule has 0 spiro atoms.